The molecule has 5 aliphatic carbocycles. The van der Waals surface area contributed by atoms with Gasteiger partial charge in [-0.05, 0) is 109 Å². The van der Waals surface area contributed by atoms with Gasteiger partial charge in [0.25, 0.3) is 0 Å². The van der Waals surface area contributed by atoms with Crippen LogP contribution in [-0.4, -0.2) is 40.9 Å². The lowest BCUT2D eigenvalue weighted by molar-refractivity contribution is -0.211. The Hall–Kier alpha value is -2.96. The number of carbonyl (C=O) groups excluding carboxylic acids is 3. The van der Waals surface area contributed by atoms with E-state index in [2.05, 4.69) is 53.8 Å². The lowest BCUT2D eigenvalue weighted by Gasteiger charge is -2.70. The van der Waals surface area contributed by atoms with Crippen LogP contribution in [0.25, 0.3) is 0 Å². The van der Waals surface area contributed by atoms with Crippen molar-refractivity contribution in [1.29, 1.82) is 0 Å². The number of benzene rings is 1. The zero-order chi connectivity index (χ0) is 37.2. The monoisotopic (exact) mass is 701 g/mol. The average Bonchev–Trinajstić information content (AvgIpc) is 3.07. The van der Waals surface area contributed by atoms with Crippen molar-refractivity contribution in [1.82, 2.24) is 5.32 Å². The summed E-state index contributed by atoms with van der Waals surface area (Å²) in [5.74, 6) is -0.878. The molecule has 51 heavy (non-hydrogen) atoms. The van der Waals surface area contributed by atoms with E-state index < -0.39 is 17.4 Å². The molecule has 0 spiro atoms. The van der Waals surface area contributed by atoms with Gasteiger partial charge in [0, 0.05) is 29.6 Å². The Bertz CT molecular complexity index is 1580. The summed E-state index contributed by atoms with van der Waals surface area (Å²) in [6, 6.07) is 8.44. The van der Waals surface area contributed by atoms with Gasteiger partial charge in [0.2, 0.25) is 5.91 Å². The molecular weight excluding hydrogens is 638 g/mol. The van der Waals surface area contributed by atoms with E-state index in [0.717, 1.165) is 63.4 Å². The van der Waals surface area contributed by atoms with Crippen LogP contribution in [0.2, 0.25) is 0 Å². The van der Waals surface area contributed by atoms with Crippen LogP contribution in [-0.2, 0) is 30.3 Å². The highest BCUT2D eigenvalue weighted by atomic mass is 16.5. The van der Waals surface area contributed by atoms with Gasteiger partial charge >= 0.3 is 11.9 Å². The molecule has 1 aromatic carbocycles. The number of rotatable bonds is 9. The van der Waals surface area contributed by atoms with Crippen molar-refractivity contribution in [3.8, 4) is 0 Å². The minimum Gasteiger partial charge on any atom is -0.480 e. The maximum atomic E-state index is 14.8. The number of esters is 1. The number of ketones is 1. The predicted molar refractivity (Wildman–Crippen MR) is 199 cm³/mol. The standard InChI is InChI=1S/C44H63NO6/c1-9-10-16-35(47)51-34-18-19-42(6)33(39(34,2)3)17-20-44(8)36(42)32(46)26-29-30-27-41(5,22-21-40(30,4)23-24-43(29,44)7)38(50)45-31(37(48)49)25-28-14-12-11-13-15-28/h11-15,26,30-31,33-34,36H,9-10,16-25,27H2,1-8H3,(H,45,50)(H,48,49)/t30-,31?,33-,34-,36+,40+,41-,42-,43+,44+/m0/s1. The van der Waals surface area contributed by atoms with Crippen LogP contribution < -0.4 is 5.32 Å². The first-order valence-electron chi connectivity index (χ1n) is 19.9. The fourth-order valence-corrected chi connectivity index (χ4v) is 12.5. The Balaban J connectivity index is 1.28. The summed E-state index contributed by atoms with van der Waals surface area (Å²) in [6.07, 6.45) is 12.2. The van der Waals surface area contributed by atoms with Crippen molar-refractivity contribution < 1.29 is 29.0 Å². The number of amides is 1. The summed E-state index contributed by atoms with van der Waals surface area (Å²) in [4.78, 5) is 54.1. The number of carbonyl (C=O) groups is 4. The lowest BCUT2D eigenvalue weighted by atomic mass is 9.33. The molecule has 1 amide bonds. The number of hydrogen-bond acceptors (Lipinski definition) is 5. The van der Waals surface area contributed by atoms with Crippen LogP contribution in [0.1, 0.15) is 138 Å². The molecule has 4 saturated carbocycles. The van der Waals surface area contributed by atoms with E-state index in [0.29, 0.717) is 19.3 Å². The second-order valence-electron chi connectivity index (χ2n) is 19.2. The quantitative estimate of drug-likeness (QED) is 0.249. The Kier molecular flexibility index (Phi) is 9.75. The molecule has 7 heteroatoms. The van der Waals surface area contributed by atoms with Crippen LogP contribution in [0.5, 0.6) is 0 Å². The molecule has 5 aliphatic rings. The van der Waals surface area contributed by atoms with Gasteiger partial charge in [0.1, 0.15) is 12.1 Å². The minimum absolute atomic E-state index is 0.0202. The van der Waals surface area contributed by atoms with Crippen LogP contribution >= 0.6 is 0 Å². The lowest BCUT2D eigenvalue weighted by Crippen LogP contribution is -2.67. The van der Waals surface area contributed by atoms with Crippen molar-refractivity contribution >= 4 is 23.6 Å². The number of aliphatic carboxylic acids is 1. The van der Waals surface area contributed by atoms with Crippen LogP contribution in [0, 0.1) is 50.2 Å². The number of fused-ring (bicyclic) bond motifs is 7. The summed E-state index contributed by atoms with van der Waals surface area (Å²) >= 11 is 0. The molecule has 4 fully saturated rings. The first kappa shape index (κ1) is 37.8. The molecule has 2 N–H and O–H groups in total. The van der Waals surface area contributed by atoms with Crippen LogP contribution in [0.3, 0.4) is 0 Å². The Labute approximate surface area is 306 Å². The van der Waals surface area contributed by atoms with Crippen molar-refractivity contribution in [2.75, 3.05) is 0 Å². The van der Waals surface area contributed by atoms with Gasteiger partial charge in [-0.3, -0.25) is 14.4 Å². The van der Waals surface area contributed by atoms with E-state index in [1.165, 1.54) is 5.57 Å². The largest absolute Gasteiger partial charge is 0.480 e. The summed E-state index contributed by atoms with van der Waals surface area (Å²) in [5.41, 5.74) is 0.471. The summed E-state index contributed by atoms with van der Waals surface area (Å²) in [7, 11) is 0. The molecule has 0 bridgehead atoms. The maximum absolute atomic E-state index is 14.8. The predicted octanol–water partition coefficient (Wildman–Crippen LogP) is 8.88. The van der Waals surface area contributed by atoms with Crippen LogP contribution in [0.15, 0.2) is 42.0 Å². The molecule has 280 valence electrons. The number of nitrogens with one attached hydrogen (secondary N) is 1. The highest BCUT2D eigenvalue weighted by Gasteiger charge is 2.70. The summed E-state index contributed by atoms with van der Waals surface area (Å²) in [6.45, 7) is 18.2. The van der Waals surface area contributed by atoms with Gasteiger partial charge < -0.3 is 15.2 Å². The van der Waals surface area contributed by atoms with Crippen molar-refractivity contribution in [2.45, 2.75) is 151 Å². The number of carboxylic acids is 1. The molecule has 0 heterocycles. The second-order valence-corrected chi connectivity index (χ2v) is 19.2. The number of ether oxygens (including phenoxy) is 1. The number of hydrogen-bond donors (Lipinski definition) is 2. The average molecular weight is 702 g/mol. The fraction of sp³-hybridized carbons (Fsp3) is 0.727. The zero-order valence-electron chi connectivity index (χ0n) is 32.5. The van der Waals surface area contributed by atoms with Crippen LogP contribution in [0.4, 0.5) is 0 Å². The topological polar surface area (TPSA) is 110 Å². The normalized spacial score (nSPS) is 40.3. The van der Waals surface area contributed by atoms with Gasteiger partial charge in [0.05, 0.1) is 0 Å². The maximum Gasteiger partial charge on any atom is 0.326 e. The Morgan fingerprint density at radius 1 is 0.922 bits per heavy atom. The van der Waals surface area contributed by atoms with Crippen molar-refractivity contribution in [3.63, 3.8) is 0 Å². The molecule has 0 aliphatic heterocycles. The van der Waals surface area contributed by atoms with E-state index in [1.807, 2.05) is 43.3 Å². The smallest absolute Gasteiger partial charge is 0.326 e. The van der Waals surface area contributed by atoms with Gasteiger partial charge in [-0.1, -0.05) is 97.7 Å². The first-order valence-corrected chi connectivity index (χ1v) is 19.9. The molecule has 1 unspecified atom stereocenters. The Morgan fingerprint density at radius 3 is 2.27 bits per heavy atom. The minimum atomic E-state index is -1.03. The molecule has 6 rings (SSSR count). The van der Waals surface area contributed by atoms with Gasteiger partial charge in [-0.2, -0.15) is 0 Å². The third kappa shape index (κ3) is 6.10. The van der Waals surface area contributed by atoms with E-state index in [1.54, 1.807) is 0 Å². The molecule has 7 nitrogen and oxygen atoms in total. The van der Waals surface area contributed by atoms with E-state index in [4.69, 9.17) is 4.74 Å². The zero-order valence-corrected chi connectivity index (χ0v) is 32.5. The highest BCUT2D eigenvalue weighted by Crippen LogP contribution is 2.75. The van der Waals surface area contributed by atoms with E-state index in [-0.39, 0.29) is 75.0 Å². The summed E-state index contributed by atoms with van der Waals surface area (Å²) < 4.78 is 6.17. The number of unbranched alkanes of at least 4 members (excludes halogenated alkanes) is 1. The molecule has 0 aromatic heterocycles. The fourth-order valence-electron chi connectivity index (χ4n) is 12.5. The highest BCUT2D eigenvalue weighted by molar-refractivity contribution is 5.96. The third-order valence-corrected chi connectivity index (χ3v) is 16.0. The first-order chi connectivity index (χ1) is 23.8. The molecule has 0 saturated heterocycles. The van der Waals surface area contributed by atoms with Crippen molar-refractivity contribution in [2.24, 2.45) is 50.2 Å². The number of allylic oxidation sites excluding steroid dienone is 2. The van der Waals surface area contributed by atoms with E-state index >= 15 is 0 Å². The van der Waals surface area contributed by atoms with Gasteiger partial charge in [0.15, 0.2) is 5.78 Å². The van der Waals surface area contributed by atoms with E-state index in [9.17, 15) is 24.3 Å². The molecule has 0 radical (unpaired) electrons. The summed E-state index contributed by atoms with van der Waals surface area (Å²) in [5, 5.41) is 13.0. The van der Waals surface area contributed by atoms with Gasteiger partial charge in [-0.15, -0.1) is 0 Å². The third-order valence-electron chi connectivity index (χ3n) is 16.0. The number of carboxylic acid groups (broad SMARTS) is 1. The molecular formula is C44H63NO6. The SMILES string of the molecule is CCCCC(=O)O[C@H]1CC[C@]2(C)[C@H]3C(=O)C=C4[C@@H]5C[C@@](C)(C(=O)NC(Cc6ccccc6)C(=O)O)CC[C@]5(C)CC[C@@]4(C)[C@]3(C)CC[C@H]2C1(C)C. The molecule has 10 atom stereocenters. The van der Waals surface area contributed by atoms with Gasteiger partial charge in [-0.25, -0.2) is 4.79 Å². The van der Waals surface area contributed by atoms with Crippen molar-refractivity contribution in [3.05, 3.63) is 47.5 Å². The Morgan fingerprint density at radius 2 is 1.61 bits per heavy atom. The second kappa shape index (κ2) is 13.2. The molecule has 1 aromatic rings.